The van der Waals surface area contributed by atoms with Gasteiger partial charge in [-0.25, -0.2) is 0 Å². The lowest BCUT2D eigenvalue weighted by molar-refractivity contribution is -0.114. The Morgan fingerprint density at radius 2 is 1.78 bits per heavy atom. The van der Waals surface area contributed by atoms with E-state index in [4.69, 9.17) is 5.11 Å². The highest BCUT2D eigenvalue weighted by atomic mass is 16.2. The van der Waals surface area contributed by atoms with Gasteiger partial charge in [0.25, 0.3) is 0 Å². The van der Waals surface area contributed by atoms with E-state index in [1.54, 1.807) is 12.2 Å². The molecule has 0 fully saturated rings. The van der Waals surface area contributed by atoms with Gasteiger partial charge in [-0.3, -0.25) is 4.79 Å². The van der Waals surface area contributed by atoms with Gasteiger partial charge in [-0.15, -0.1) is 0 Å². The highest BCUT2D eigenvalue weighted by Crippen LogP contribution is 2.03. The lowest BCUT2D eigenvalue weighted by Crippen LogP contribution is -1.95. The first-order valence-corrected chi connectivity index (χ1v) is 6.32. The lowest BCUT2D eigenvalue weighted by Gasteiger charge is -1.97. The molecule has 0 aliphatic heterocycles. The topological polar surface area (TPSA) is 37.3 Å². The molecule has 0 atom stereocenters. The summed E-state index contributed by atoms with van der Waals surface area (Å²) in [5.74, 6) is 0.171. The third kappa shape index (κ3) is 6.81. The molecule has 1 aromatic rings. The molecule has 0 spiro atoms. The first-order chi connectivity index (χ1) is 8.83. The van der Waals surface area contributed by atoms with Gasteiger partial charge in [0.05, 0.1) is 6.61 Å². The minimum atomic E-state index is 0.0831. The minimum absolute atomic E-state index is 0.0831. The van der Waals surface area contributed by atoms with Crippen LogP contribution in [0.15, 0.2) is 54.6 Å². The van der Waals surface area contributed by atoms with Gasteiger partial charge in [0, 0.05) is 6.42 Å². The predicted octanol–water partition coefficient (Wildman–Crippen LogP) is 3.07. The fraction of sp³-hybridized carbons (Fsp3) is 0.312. The molecule has 0 saturated heterocycles. The number of carbonyl (C=O) groups is 1. The molecule has 1 aromatic carbocycles. The maximum atomic E-state index is 11.6. The summed E-state index contributed by atoms with van der Waals surface area (Å²) in [6.45, 7) is 0.0831. The van der Waals surface area contributed by atoms with E-state index in [0.717, 1.165) is 19.3 Å². The Hall–Kier alpha value is -1.67. The molecule has 2 nitrogen and oxygen atoms in total. The Morgan fingerprint density at radius 3 is 2.50 bits per heavy atom. The average Bonchev–Trinajstić information content (AvgIpc) is 2.41. The predicted molar refractivity (Wildman–Crippen MR) is 74.4 cm³/mol. The summed E-state index contributed by atoms with van der Waals surface area (Å²) in [7, 11) is 0. The van der Waals surface area contributed by atoms with Crippen LogP contribution in [0.5, 0.6) is 0 Å². The molecule has 0 aliphatic carbocycles. The number of hydrogen-bond donors (Lipinski definition) is 1. The number of aliphatic hydroxyl groups is 1. The molecule has 96 valence electrons. The molecule has 0 aliphatic rings. The molecule has 1 rings (SSSR count). The van der Waals surface area contributed by atoms with E-state index in [2.05, 4.69) is 0 Å². The zero-order chi connectivity index (χ0) is 13.1. The van der Waals surface area contributed by atoms with Gasteiger partial charge in [-0.1, -0.05) is 48.6 Å². The minimum Gasteiger partial charge on any atom is -0.392 e. The van der Waals surface area contributed by atoms with E-state index in [0.29, 0.717) is 6.42 Å². The van der Waals surface area contributed by atoms with Crippen molar-refractivity contribution >= 4 is 5.78 Å². The molecule has 0 unspecified atom stereocenters. The summed E-state index contributed by atoms with van der Waals surface area (Å²) < 4.78 is 0. The highest BCUT2D eigenvalue weighted by molar-refractivity contribution is 5.89. The van der Waals surface area contributed by atoms with E-state index >= 15 is 0 Å². The van der Waals surface area contributed by atoms with Crippen molar-refractivity contribution < 1.29 is 9.90 Å². The zero-order valence-electron chi connectivity index (χ0n) is 10.6. The van der Waals surface area contributed by atoms with Crippen LogP contribution in [0.25, 0.3) is 0 Å². The van der Waals surface area contributed by atoms with E-state index in [1.807, 2.05) is 42.5 Å². The standard InChI is InChI=1S/C16H20O2/c17-14-8-3-1-2-7-11-16(18)13-12-15-9-5-4-6-10-15/h3-11,17H,1-2,12-14H2/b8-3+,11-7+. The van der Waals surface area contributed by atoms with Gasteiger partial charge in [0.15, 0.2) is 5.78 Å². The van der Waals surface area contributed by atoms with Crippen LogP contribution in [0.3, 0.4) is 0 Å². The number of hydrogen-bond acceptors (Lipinski definition) is 2. The summed E-state index contributed by atoms with van der Waals surface area (Å²) in [6, 6.07) is 10.0. The third-order valence-corrected chi connectivity index (χ3v) is 2.58. The van der Waals surface area contributed by atoms with Gasteiger partial charge in [0.1, 0.15) is 0 Å². The summed E-state index contributed by atoms with van der Waals surface area (Å²) >= 11 is 0. The first kappa shape index (κ1) is 14.4. The van der Waals surface area contributed by atoms with Crippen LogP contribution in [0.2, 0.25) is 0 Å². The smallest absolute Gasteiger partial charge is 0.155 e. The first-order valence-electron chi connectivity index (χ1n) is 6.32. The zero-order valence-corrected chi connectivity index (χ0v) is 10.6. The van der Waals surface area contributed by atoms with Gasteiger partial charge < -0.3 is 5.11 Å². The average molecular weight is 244 g/mol. The van der Waals surface area contributed by atoms with Gasteiger partial charge in [-0.2, -0.15) is 0 Å². The Morgan fingerprint density at radius 1 is 1.06 bits per heavy atom. The van der Waals surface area contributed by atoms with E-state index in [-0.39, 0.29) is 12.4 Å². The number of carbonyl (C=O) groups excluding carboxylic acids is 1. The lowest BCUT2D eigenvalue weighted by atomic mass is 10.1. The van der Waals surface area contributed by atoms with Crippen LogP contribution in [-0.4, -0.2) is 17.5 Å². The summed E-state index contributed by atoms with van der Waals surface area (Å²) in [5, 5.41) is 8.53. The quantitative estimate of drug-likeness (QED) is 0.433. The summed E-state index contributed by atoms with van der Waals surface area (Å²) in [5.41, 5.74) is 1.20. The number of unbranched alkanes of at least 4 members (excludes halogenated alkanes) is 1. The molecule has 0 bridgehead atoms. The monoisotopic (exact) mass is 244 g/mol. The fourth-order valence-corrected chi connectivity index (χ4v) is 1.60. The van der Waals surface area contributed by atoms with Crippen LogP contribution in [0.1, 0.15) is 24.8 Å². The van der Waals surface area contributed by atoms with Crippen LogP contribution in [-0.2, 0) is 11.2 Å². The summed E-state index contributed by atoms with van der Waals surface area (Å²) in [6.07, 6.45) is 10.3. The Balaban J connectivity index is 2.17. The maximum absolute atomic E-state index is 11.6. The molecule has 0 aromatic heterocycles. The third-order valence-electron chi connectivity index (χ3n) is 2.58. The van der Waals surface area contributed by atoms with Crippen LogP contribution >= 0.6 is 0 Å². The summed E-state index contributed by atoms with van der Waals surface area (Å²) in [4.78, 5) is 11.6. The molecular weight excluding hydrogens is 224 g/mol. The van der Waals surface area contributed by atoms with E-state index in [9.17, 15) is 4.79 Å². The SMILES string of the molecule is O=C(/C=C/CC/C=C/CO)CCc1ccccc1. The number of allylic oxidation sites excluding steroid dienone is 3. The number of ketones is 1. The van der Waals surface area contributed by atoms with Crippen molar-refractivity contribution in [2.24, 2.45) is 0 Å². The van der Waals surface area contributed by atoms with Crippen molar-refractivity contribution in [3.63, 3.8) is 0 Å². The molecular formula is C16H20O2. The highest BCUT2D eigenvalue weighted by Gasteiger charge is 1.97. The second kappa shape index (κ2) is 9.37. The Kier molecular flexibility index (Phi) is 7.49. The van der Waals surface area contributed by atoms with Gasteiger partial charge >= 0.3 is 0 Å². The molecule has 0 heterocycles. The number of benzene rings is 1. The normalized spacial score (nSPS) is 11.4. The van der Waals surface area contributed by atoms with Crippen LogP contribution in [0.4, 0.5) is 0 Å². The van der Waals surface area contributed by atoms with Crippen LogP contribution < -0.4 is 0 Å². The van der Waals surface area contributed by atoms with Gasteiger partial charge in [0.2, 0.25) is 0 Å². The maximum Gasteiger partial charge on any atom is 0.155 e. The van der Waals surface area contributed by atoms with Crippen molar-refractivity contribution in [1.82, 2.24) is 0 Å². The number of aliphatic hydroxyl groups excluding tert-OH is 1. The van der Waals surface area contributed by atoms with Crippen molar-refractivity contribution in [1.29, 1.82) is 0 Å². The molecule has 1 N–H and O–H groups in total. The molecule has 18 heavy (non-hydrogen) atoms. The van der Waals surface area contributed by atoms with Crippen molar-refractivity contribution in [3.8, 4) is 0 Å². The Bertz CT molecular complexity index is 391. The fourth-order valence-electron chi connectivity index (χ4n) is 1.60. The Labute approximate surface area is 109 Å². The second-order valence-corrected chi connectivity index (χ2v) is 4.09. The molecule has 0 radical (unpaired) electrons. The van der Waals surface area contributed by atoms with Crippen LogP contribution in [0, 0.1) is 0 Å². The molecule has 0 saturated carbocycles. The van der Waals surface area contributed by atoms with Crippen molar-refractivity contribution in [2.75, 3.05) is 6.61 Å². The van der Waals surface area contributed by atoms with Crippen molar-refractivity contribution in [2.45, 2.75) is 25.7 Å². The van der Waals surface area contributed by atoms with Crippen molar-refractivity contribution in [3.05, 3.63) is 60.2 Å². The number of aryl methyl sites for hydroxylation is 1. The molecule has 0 amide bonds. The number of rotatable bonds is 8. The van der Waals surface area contributed by atoms with E-state index < -0.39 is 0 Å². The van der Waals surface area contributed by atoms with E-state index in [1.165, 1.54) is 5.56 Å². The second-order valence-electron chi connectivity index (χ2n) is 4.09. The largest absolute Gasteiger partial charge is 0.392 e. The molecule has 2 heteroatoms. The van der Waals surface area contributed by atoms with Gasteiger partial charge in [-0.05, 0) is 30.9 Å².